The van der Waals surface area contributed by atoms with E-state index in [1.54, 1.807) is 0 Å². The Hall–Kier alpha value is -2.98. The maximum absolute atomic E-state index is 12.9. The molecule has 0 bridgehead atoms. The smallest absolute Gasteiger partial charge is 0.414 e. The number of rotatable bonds is 5. The van der Waals surface area contributed by atoms with Gasteiger partial charge in [-0.05, 0) is 45.6 Å². The van der Waals surface area contributed by atoms with Crippen LogP contribution in [0.2, 0.25) is 0 Å². The Morgan fingerprint density at radius 1 is 1.15 bits per heavy atom. The monoisotopic (exact) mass is 474 g/mol. The highest BCUT2D eigenvalue weighted by molar-refractivity contribution is 6.27. The molecule has 1 aromatic carbocycles. The molecule has 0 spiro atoms. The number of aliphatic carboxylic acids is 2. The summed E-state index contributed by atoms with van der Waals surface area (Å²) >= 11 is 0. The zero-order chi connectivity index (χ0) is 24.9. The summed E-state index contributed by atoms with van der Waals surface area (Å²) in [5, 5.41) is 37.7. The van der Waals surface area contributed by atoms with Crippen LogP contribution in [0.4, 0.5) is 0 Å². The Labute approximate surface area is 198 Å². The normalized spacial score (nSPS) is 21.6. The van der Waals surface area contributed by atoms with Crippen LogP contribution in [-0.2, 0) is 9.59 Å². The molecule has 2 fully saturated rings. The molecular weight excluding hydrogens is 440 g/mol. The minimum Gasteiger partial charge on any atom is -0.473 e. The molecule has 2 aliphatic rings. The molecule has 1 aliphatic carbocycles. The summed E-state index contributed by atoms with van der Waals surface area (Å²) in [6.45, 7) is 4.89. The third-order valence-corrected chi connectivity index (χ3v) is 6.47. The van der Waals surface area contributed by atoms with Crippen molar-refractivity contribution in [1.82, 2.24) is 20.4 Å². The molecule has 4 rings (SSSR count). The van der Waals surface area contributed by atoms with Gasteiger partial charge in [-0.25, -0.2) is 9.59 Å². The van der Waals surface area contributed by atoms with Crippen LogP contribution in [0.5, 0.6) is 0 Å². The number of hydrogen-bond acceptors (Lipinski definition) is 6. The number of nitrogens with one attached hydrogen (secondary N) is 2. The highest BCUT2D eigenvalue weighted by Crippen LogP contribution is 2.33. The van der Waals surface area contributed by atoms with Gasteiger partial charge in [0, 0.05) is 30.1 Å². The Morgan fingerprint density at radius 3 is 2.41 bits per heavy atom. The van der Waals surface area contributed by atoms with E-state index in [1.165, 1.54) is 6.42 Å². The highest BCUT2D eigenvalue weighted by atomic mass is 16.4. The lowest BCUT2D eigenvalue weighted by molar-refractivity contribution is -0.159. The molecule has 186 valence electrons. The predicted molar refractivity (Wildman–Crippen MR) is 126 cm³/mol. The zero-order valence-electron chi connectivity index (χ0n) is 19.7. The number of para-hydroxylation sites is 1. The van der Waals surface area contributed by atoms with E-state index < -0.39 is 17.5 Å². The fourth-order valence-corrected chi connectivity index (χ4v) is 4.86. The SMILES string of the molecule is CC(C)n1nc(C(=O)N[C@@H]2CN[C@H](CC3(O)CCCCC3)C2)c2ccccc21.O=C(O)C(=O)O. The van der Waals surface area contributed by atoms with E-state index in [0.29, 0.717) is 5.69 Å². The molecule has 1 aliphatic heterocycles. The number of hydrogen-bond donors (Lipinski definition) is 5. The van der Waals surface area contributed by atoms with Crippen molar-refractivity contribution in [3.63, 3.8) is 0 Å². The molecule has 10 heteroatoms. The van der Waals surface area contributed by atoms with Crippen LogP contribution in [0.15, 0.2) is 24.3 Å². The molecule has 2 aromatic rings. The molecular formula is C24H34N4O6. The molecule has 2 atom stereocenters. The van der Waals surface area contributed by atoms with Crippen LogP contribution in [0.3, 0.4) is 0 Å². The minimum atomic E-state index is -1.82. The van der Waals surface area contributed by atoms with Gasteiger partial charge in [-0.1, -0.05) is 37.5 Å². The van der Waals surface area contributed by atoms with Crippen LogP contribution in [0.25, 0.3) is 10.9 Å². The fourth-order valence-electron chi connectivity index (χ4n) is 4.86. The van der Waals surface area contributed by atoms with Crippen molar-refractivity contribution in [1.29, 1.82) is 0 Å². The van der Waals surface area contributed by atoms with Crippen molar-refractivity contribution in [2.45, 2.75) is 82.5 Å². The van der Waals surface area contributed by atoms with Crippen molar-refractivity contribution in [3.8, 4) is 0 Å². The summed E-state index contributed by atoms with van der Waals surface area (Å²) in [5.41, 5.74) is 0.962. The summed E-state index contributed by atoms with van der Waals surface area (Å²) in [4.78, 5) is 31.1. The number of fused-ring (bicyclic) bond motifs is 1. The molecule has 1 saturated heterocycles. The van der Waals surface area contributed by atoms with Crippen LogP contribution < -0.4 is 10.6 Å². The number of amides is 1. The lowest BCUT2D eigenvalue weighted by Crippen LogP contribution is -2.38. The van der Waals surface area contributed by atoms with Crippen molar-refractivity contribution >= 4 is 28.7 Å². The topological polar surface area (TPSA) is 154 Å². The molecule has 0 unspecified atom stereocenters. The Bertz CT molecular complexity index is 1020. The van der Waals surface area contributed by atoms with E-state index in [2.05, 4.69) is 29.6 Å². The van der Waals surface area contributed by atoms with Gasteiger partial charge >= 0.3 is 11.9 Å². The van der Waals surface area contributed by atoms with Gasteiger partial charge in [0.15, 0.2) is 5.69 Å². The van der Waals surface area contributed by atoms with Gasteiger partial charge in [0.1, 0.15) is 0 Å². The maximum Gasteiger partial charge on any atom is 0.414 e. The first-order chi connectivity index (χ1) is 16.1. The van der Waals surface area contributed by atoms with Crippen molar-refractivity contribution in [3.05, 3.63) is 30.0 Å². The second-order valence-corrected chi connectivity index (χ2v) is 9.51. The highest BCUT2D eigenvalue weighted by Gasteiger charge is 2.36. The number of carboxylic acids is 2. The Kier molecular flexibility index (Phi) is 8.27. The van der Waals surface area contributed by atoms with Gasteiger partial charge in [0.25, 0.3) is 5.91 Å². The van der Waals surface area contributed by atoms with Crippen LogP contribution in [0.1, 0.15) is 75.3 Å². The number of carbonyl (C=O) groups excluding carboxylic acids is 1. The number of carbonyl (C=O) groups is 3. The average Bonchev–Trinajstić information content (AvgIpc) is 3.38. The van der Waals surface area contributed by atoms with Crippen molar-refractivity contribution in [2.24, 2.45) is 0 Å². The fraction of sp³-hybridized carbons (Fsp3) is 0.583. The van der Waals surface area contributed by atoms with Crippen molar-refractivity contribution < 1.29 is 29.7 Å². The van der Waals surface area contributed by atoms with E-state index >= 15 is 0 Å². The maximum atomic E-state index is 12.9. The summed E-state index contributed by atoms with van der Waals surface area (Å²) in [6.07, 6.45) is 6.92. The van der Waals surface area contributed by atoms with Gasteiger partial charge in [-0.3, -0.25) is 9.48 Å². The molecule has 10 nitrogen and oxygen atoms in total. The zero-order valence-corrected chi connectivity index (χ0v) is 19.7. The molecule has 34 heavy (non-hydrogen) atoms. The third-order valence-electron chi connectivity index (χ3n) is 6.47. The first-order valence-corrected chi connectivity index (χ1v) is 11.8. The van der Waals surface area contributed by atoms with Gasteiger partial charge in [0.05, 0.1) is 11.1 Å². The first kappa shape index (κ1) is 25.6. The van der Waals surface area contributed by atoms with E-state index in [4.69, 9.17) is 19.8 Å². The molecule has 2 heterocycles. The second-order valence-electron chi connectivity index (χ2n) is 9.51. The average molecular weight is 475 g/mol. The summed E-state index contributed by atoms with van der Waals surface area (Å²) in [7, 11) is 0. The largest absolute Gasteiger partial charge is 0.473 e. The quantitative estimate of drug-likeness (QED) is 0.414. The number of aliphatic hydroxyl groups is 1. The summed E-state index contributed by atoms with van der Waals surface area (Å²) in [5.74, 6) is -3.76. The van der Waals surface area contributed by atoms with E-state index in [0.717, 1.165) is 56.0 Å². The first-order valence-electron chi connectivity index (χ1n) is 11.8. The standard InChI is InChI=1S/C22H32N4O2.C2H2O4/c1-15(2)26-19-9-5-4-8-18(19)20(25-26)21(27)24-17-12-16(23-14-17)13-22(28)10-6-3-7-11-22;3-1(4)2(5)6/h4-5,8-9,15-17,23,28H,3,6-7,10-14H2,1-2H3,(H,24,27);(H,3,4)(H,5,6)/t16-,17-;/m0./s1. The number of benzene rings is 1. The van der Waals surface area contributed by atoms with Gasteiger partial charge in [0.2, 0.25) is 0 Å². The van der Waals surface area contributed by atoms with Crippen LogP contribution >= 0.6 is 0 Å². The van der Waals surface area contributed by atoms with Crippen molar-refractivity contribution in [2.75, 3.05) is 6.54 Å². The van der Waals surface area contributed by atoms with Gasteiger partial charge in [-0.15, -0.1) is 0 Å². The number of nitrogens with zero attached hydrogens (tertiary/aromatic N) is 2. The lowest BCUT2D eigenvalue weighted by Gasteiger charge is -2.34. The van der Waals surface area contributed by atoms with Crippen LogP contribution in [-0.4, -0.2) is 67.2 Å². The van der Waals surface area contributed by atoms with Crippen LogP contribution in [0, 0.1) is 0 Å². The Morgan fingerprint density at radius 2 is 1.79 bits per heavy atom. The molecule has 0 radical (unpaired) electrons. The van der Waals surface area contributed by atoms with Gasteiger partial charge < -0.3 is 26.0 Å². The summed E-state index contributed by atoms with van der Waals surface area (Å²) in [6, 6.07) is 8.43. The predicted octanol–water partition coefficient (Wildman–Crippen LogP) is 2.32. The molecule has 1 aromatic heterocycles. The molecule has 5 N–H and O–H groups in total. The minimum absolute atomic E-state index is 0.0765. The number of aromatic nitrogens is 2. The molecule has 1 saturated carbocycles. The molecule has 1 amide bonds. The van der Waals surface area contributed by atoms with E-state index in [9.17, 15) is 9.90 Å². The third kappa shape index (κ3) is 6.32. The number of carboxylic acid groups (broad SMARTS) is 2. The summed E-state index contributed by atoms with van der Waals surface area (Å²) < 4.78 is 1.92. The lowest BCUT2D eigenvalue weighted by atomic mass is 9.80. The Balaban J connectivity index is 0.000000481. The van der Waals surface area contributed by atoms with E-state index in [-0.39, 0.29) is 24.0 Å². The second kappa shape index (κ2) is 11.0. The van der Waals surface area contributed by atoms with Gasteiger partial charge in [-0.2, -0.15) is 5.10 Å². The van der Waals surface area contributed by atoms with E-state index in [1.807, 2.05) is 28.9 Å².